The molecule has 4 nitrogen and oxygen atoms in total. The average molecular weight is 279 g/mol. The van der Waals surface area contributed by atoms with Crippen molar-refractivity contribution in [3.8, 4) is 5.75 Å². The van der Waals surface area contributed by atoms with Gasteiger partial charge in [-0.05, 0) is 36.5 Å². The number of aryl methyl sites for hydroxylation is 1. The lowest BCUT2D eigenvalue weighted by Crippen LogP contribution is -2.32. The largest absolute Gasteiger partial charge is 0.484 e. The highest BCUT2D eigenvalue weighted by Crippen LogP contribution is 2.12. The van der Waals surface area contributed by atoms with Gasteiger partial charge in [0.05, 0.1) is 6.10 Å². The van der Waals surface area contributed by atoms with Crippen LogP contribution in [-0.4, -0.2) is 30.3 Å². The molecule has 4 heteroatoms. The highest BCUT2D eigenvalue weighted by Gasteiger charge is 2.09. The zero-order chi connectivity index (χ0) is 15.0. The highest BCUT2D eigenvalue weighted by atomic mass is 16.5. The summed E-state index contributed by atoms with van der Waals surface area (Å²) in [4.78, 5) is 11.6. The van der Waals surface area contributed by atoms with Gasteiger partial charge in [-0.3, -0.25) is 4.79 Å². The topological polar surface area (TPSA) is 58.6 Å². The SMILES string of the molecule is CCc1ccc(OCC(=O)NCCC(O)C(C)C)cc1. The van der Waals surface area contributed by atoms with E-state index in [4.69, 9.17) is 4.74 Å². The summed E-state index contributed by atoms with van der Waals surface area (Å²) in [5.41, 5.74) is 1.24. The van der Waals surface area contributed by atoms with E-state index < -0.39 is 0 Å². The standard InChI is InChI=1S/C16H25NO3/c1-4-13-5-7-14(8-6-13)20-11-16(19)17-10-9-15(18)12(2)3/h5-8,12,15,18H,4,9-11H2,1-3H3,(H,17,19). The molecule has 0 aliphatic carbocycles. The molecule has 1 amide bonds. The molecule has 0 saturated carbocycles. The van der Waals surface area contributed by atoms with E-state index in [0.717, 1.165) is 6.42 Å². The Morgan fingerprint density at radius 3 is 2.50 bits per heavy atom. The number of aliphatic hydroxyl groups is 1. The molecule has 20 heavy (non-hydrogen) atoms. The molecule has 0 saturated heterocycles. The third-order valence-corrected chi connectivity index (χ3v) is 3.23. The molecule has 0 radical (unpaired) electrons. The minimum Gasteiger partial charge on any atom is -0.484 e. The van der Waals surface area contributed by atoms with Crippen LogP contribution >= 0.6 is 0 Å². The Morgan fingerprint density at radius 1 is 1.30 bits per heavy atom. The minimum absolute atomic E-state index is 0.00322. The maximum absolute atomic E-state index is 11.6. The number of hydrogen-bond donors (Lipinski definition) is 2. The Kier molecular flexibility index (Phi) is 7.09. The van der Waals surface area contributed by atoms with Crippen molar-refractivity contribution in [2.24, 2.45) is 5.92 Å². The Bertz CT molecular complexity index is 401. The average Bonchev–Trinajstić information content (AvgIpc) is 2.45. The van der Waals surface area contributed by atoms with Crippen molar-refractivity contribution in [2.45, 2.75) is 39.7 Å². The number of carbonyl (C=O) groups excluding carboxylic acids is 1. The fourth-order valence-electron chi connectivity index (χ4n) is 1.71. The molecule has 0 spiro atoms. The van der Waals surface area contributed by atoms with E-state index in [1.165, 1.54) is 5.56 Å². The molecule has 1 aromatic carbocycles. The van der Waals surface area contributed by atoms with Crippen LogP contribution in [0.25, 0.3) is 0 Å². The smallest absolute Gasteiger partial charge is 0.257 e. The van der Waals surface area contributed by atoms with Gasteiger partial charge in [-0.25, -0.2) is 0 Å². The lowest BCUT2D eigenvalue weighted by atomic mass is 10.0. The van der Waals surface area contributed by atoms with Crippen LogP contribution in [0.15, 0.2) is 24.3 Å². The second kappa shape index (κ2) is 8.59. The van der Waals surface area contributed by atoms with Crippen LogP contribution in [0.1, 0.15) is 32.8 Å². The van der Waals surface area contributed by atoms with Crippen LogP contribution in [0.2, 0.25) is 0 Å². The van der Waals surface area contributed by atoms with Gasteiger partial charge in [-0.2, -0.15) is 0 Å². The summed E-state index contributed by atoms with van der Waals surface area (Å²) in [7, 11) is 0. The number of ether oxygens (including phenoxy) is 1. The first-order valence-electron chi connectivity index (χ1n) is 7.19. The third kappa shape index (κ3) is 6.06. The van der Waals surface area contributed by atoms with E-state index in [9.17, 15) is 9.90 Å². The van der Waals surface area contributed by atoms with Crippen molar-refractivity contribution in [1.29, 1.82) is 0 Å². The molecule has 0 aliphatic heterocycles. The molecule has 0 aromatic heterocycles. The quantitative estimate of drug-likeness (QED) is 0.766. The Morgan fingerprint density at radius 2 is 1.95 bits per heavy atom. The normalized spacial score (nSPS) is 12.2. The van der Waals surface area contributed by atoms with Crippen LogP contribution in [0, 0.1) is 5.92 Å². The molecular formula is C16H25NO3. The van der Waals surface area contributed by atoms with Crippen molar-refractivity contribution in [3.05, 3.63) is 29.8 Å². The third-order valence-electron chi connectivity index (χ3n) is 3.23. The van der Waals surface area contributed by atoms with Gasteiger partial charge >= 0.3 is 0 Å². The number of amides is 1. The van der Waals surface area contributed by atoms with Crippen molar-refractivity contribution >= 4 is 5.91 Å². The number of hydrogen-bond acceptors (Lipinski definition) is 3. The van der Waals surface area contributed by atoms with Crippen LogP contribution in [0.4, 0.5) is 0 Å². The van der Waals surface area contributed by atoms with Crippen molar-refractivity contribution in [2.75, 3.05) is 13.2 Å². The maximum Gasteiger partial charge on any atom is 0.257 e. The lowest BCUT2D eigenvalue weighted by molar-refractivity contribution is -0.123. The molecule has 1 aromatic rings. The molecule has 0 aliphatic rings. The number of benzene rings is 1. The minimum atomic E-state index is -0.377. The first kappa shape index (κ1) is 16.5. The van der Waals surface area contributed by atoms with E-state index >= 15 is 0 Å². The Hall–Kier alpha value is -1.55. The van der Waals surface area contributed by atoms with Gasteiger partial charge in [0.2, 0.25) is 0 Å². The summed E-state index contributed by atoms with van der Waals surface area (Å²) in [5.74, 6) is 0.736. The summed E-state index contributed by atoms with van der Waals surface area (Å²) in [5, 5.41) is 12.4. The van der Waals surface area contributed by atoms with Crippen LogP contribution in [0.3, 0.4) is 0 Å². The number of carbonyl (C=O) groups is 1. The van der Waals surface area contributed by atoms with Gasteiger partial charge in [0, 0.05) is 6.54 Å². The van der Waals surface area contributed by atoms with Gasteiger partial charge < -0.3 is 15.2 Å². The van der Waals surface area contributed by atoms with E-state index in [2.05, 4.69) is 12.2 Å². The van der Waals surface area contributed by atoms with Gasteiger partial charge in [-0.15, -0.1) is 0 Å². The number of aliphatic hydroxyl groups excluding tert-OH is 1. The maximum atomic E-state index is 11.6. The van der Waals surface area contributed by atoms with Gasteiger partial charge in [0.1, 0.15) is 5.75 Å². The van der Waals surface area contributed by atoms with Crippen LogP contribution in [0.5, 0.6) is 5.75 Å². The fourth-order valence-corrected chi connectivity index (χ4v) is 1.71. The Labute approximate surface area is 121 Å². The fraction of sp³-hybridized carbons (Fsp3) is 0.562. The van der Waals surface area contributed by atoms with Crippen molar-refractivity contribution in [3.63, 3.8) is 0 Å². The van der Waals surface area contributed by atoms with E-state index in [-0.39, 0.29) is 24.5 Å². The first-order valence-corrected chi connectivity index (χ1v) is 7.19. The predicted octanol–water partition coefficient (Wildman–Crippen LogP) is 2.15. The zero-order valence-electron chi connectivity index (χ0n) is 12.6. The molecule has 1 unspecified atom stereocenters. The van der Waals surface area contributed by atoms with Crippen LogP contribution < -0.4 is 10.1 Å². The second-order valence-corrected chi connectivity index (χ2v) is 5.24. The number of nitrogens with one attached hydrogen (secondary N) is 1. The Balaban J connectivity index is 2.22. The molecule has 112 valence electrons. The van der Waals surface area contributed by atoms with E-state index in [0.29, 0.717) is 18.7 Å². The molecule has 1 rings (SSSR count). The molecule has 2 N–H and O–H groups in total. The number of rotatable bonds is 8. The van der Waals surface area contributed by atoms with Gasteiger partial charge in [0.15, 0.2) is 6.61 Å². The summed E-state index contributed by atoms with van der Waals surface area (Å²) in [6.45, 7) is 6.47. The zero-order valence-corrected chi connectivity index (χ0v) is 12.6. The first-order chi connectivity index (χ1) is 9.52. The summed E-state index contributed by atoms with van der Waals surface area (Å²) < 4.78 is 5.40. The second-order valence-electron chi connectivity index (χ2n) is 5.24. The lowest BCUT2D eigenvalue weighted by Gasteiger charge is -2.14. The van der Waals surface area contributed by atoms with Crippen molar-refractivity contribution < 1.29 is 14.6 Å². The molecule has 0 fully saturated rings. The molecule has 1 atom stereocenters. The van der Waals surface area contributed by atoms with Gasteiger partial charge in [0.25, 0.3) is 5.91 Å². The van der Waals surface area contributed by atoms with Crippen molar-refractivity contribution in [1.82, 2.24) is 5.32 Å². The summed E-state index contributed by atoms with van der Waals surface area (Å²) >= 11 is 0. The highest BCUT2D eigenvalue weighted by molar-refractivity contribution is 5.77. The molecular weight excluding hydrogens is 254 g/mol. The van der Waals surface area contributed by atoms with Crippen LogP contribution in [-0.2, 0) is 11.2 Å². The molecule has 0 bridgehead atoms. The predicted molar refractivity (Wildman–Crippen MR) is 79.8 cm³/mol. The summed E-state index contributed by atoms with van der Waals surface area (Å²) in [6.07, 6.45) is 1.17. The molecule has 0 heterocycles. The monoisotopic (exact) mass is 279 g/mol. The van der Waals surface area contributed by atoms with Gasteiger partial charge in [-0.1, -0.05) is 32.9 Å². The van der Waals surface area contributed by atoms with E-state index in [1.54, 1.807) is 0 Å². The summed E-state index contributed by atoms with van der Waals surface area (Å²) in [6, 6.07) is 7.72. The van der Waals surface area contributed by atoms with E-state index in [1.807, 2.05) is 38.1 Å².